The van der Waals surface area contributed by atoms with E-state index in [1.54, 1.807) is 44.1 Å². The summed E-state index contributed by atoms with van der Waals surface area (Å²) in [5.41, 5.74) is 10.6. The van der Waals surface area contributed by atoms with Crippen molar-refractivity contribution in [2.75, 3.05) is 0 Å². The molecule has 0 aromatic heterocycles. The minimum absolute atomic E-state index is 0. The van der Waals surface area contributed by atoms with Crippen molar-refractivity contribution in [1.29, 1.82) is 0 Å². The molecule has 0 saturated heterocycles. The molecule has 6 aliphatic carbocycles. The molecule has 0 radical (unpaired) electrons. The molecule has 0 heterocycles. The maximum Gasteiger partial charge on any atom is -0.0253 e. The summed E-state index contributed by atoms with van der Waals surface area (Å²) in [5, 5.41) is 0. The number of halogens is 2. The molecule has 9 rings (SSSR count). The molecular weight excluding hydrogens is 619 g/mol. The molecule has 0 spiro atoms. The molecule has 4 saturated carbocycles. The molecule has 212 valence electrons. The smallest absolute Gasteiger partial charge is 0.0253 e. The Labute approximate surface area is 275 Å². The predicted molar refractivity (Wildman–Crippen MR) is 160 cm³/mol. The summed E-state index contributed by atoms with van der Waals surface area (Å²) in [6, 6.07) is 28.5. The van der Waals surface area contributed by atoms with Gasteiger partial charge < -0.3 is 24.8 Å². The molecule has 0 N–H and O–H groups in total. The van der Waals surface area contributed by atoms with Crippen LogP contribution in [0.15, 0.2) is 90.0 Å². The summed E-state index contributed by atoms with van der Waals surface area (Å²) in [7, 11) is 0. The summed E-state index contributed by atoms with van der Waals surface area (Å²) in [6.07, 6.45) is 17.8. The van der Waals surface area contributed by atoms with E-state index in [0.717, 1.165) is 24.2 Å². The van der Waals surface area contributed by atoms with E-state index in [0.29, 0.717) is 11.3 Å². The van der Waals surface area contributed by atoms with Crippen LogP contribution in [-0.4, -0.2) is 3.71 Å². The van der Waals surface area contributed by atoms with Gasteiger partial charge in [-0.1, -0.05) is 61.6 Å². The summed E-state index contributed by atoms with van der Waals surface area (Å²) < 4.78 is 2.17. The Bertz CT molecular complexity index is 1310. The SMILES string of the molecule is CC1=[C-]C(C)C=C1CC12CC3CC(CC(C3)C1)C2.[Cl-].[Cl-].[Zr+2]=[CH]c1ccccc1.[c-]1cccc2c1Cc1ccccc1-2. The summed E-state index contributed by atoms with van der Waals surface area (Å²) in [6.45, 7) is 4.55. The number of fused-ring (bicyclic) bond motifs is 3. The first kappa shape index (κ1) is 32.4. The van der Waals surface area contributed by atoms with E-state index in [1.807, 2.05) is 12.1 Å². The Balaban J connectivity index is 0.000000149. The molecular formula is C38H40Cl2Zr-2. The standard InChI is InChI=1S/C18H25.C13H9.C7H6.2ClH.Zr/c1-12-3-13(2)17(4-12)11-18-8-14-5-15(9-18)7-16(6-14)10-18;1-3-7-12-10(5-1)9-11-6-2-4-8-13(11)12;1-7-5-3-2-4-6-7;;;/h4,12,14-16H,5-11H2,1-2H3;1-5,7-8H,9H2;1-6H;2*1H;/q2*-1;;;;+2/p-2. The Morgan fingerprint density at radius 1 is 0.829 bits per heavy atom. The van der Waals surface area contributed by atoms with Gasteiger partial charge in [0.25, 0.3) is 0 Å². The maximum atomic E-state index is 3.57. The largest absolute Gasteiger partial charge is 0.179 e. The summed E-state index contributed by atoms with van der Waals surface area (Å²) in [5.74, 6) is 3.82. The predicted octanol–water partition coefficient (Wildman–Crippen LogP) is 3.37. The fourth-order valence-corrected chi connectivity index (χ4v) is 9.02. The van der Waals surface area contributed by atoms with E-state index in [4.69, 9.17) is 0 Å². The zero-order valence-corrected chi connectivity index (χ0v) is 28.3. The van der Waals surface area contributed by atoms with E-state index in [1.165, 1.54) is 64.0 Å². The van der Waals surface area contributed by atoms with E-state index in [2.05, 4.69) is 96.4 Å². The van der Waals surface area contributed by atoms with Crippen LogP contribution in [0.1, 0.15) is 75.5 Å². The fraction of sp³-hybridized carbons (Fsp3) is 0.395. The van der Waals surface area contributed by atoms with Crippen LogP contribution >= 0.6 is 0 Å². The quantitative estimate of drug-likeness (QED) is 0.297. The average Bonchev–Trinajstić information content (AvgIpc) is 3.47. The summed E-state index contributed by atoms with van der Waals surface area (Å²) >= 11 is 1.46. The molecule has 3 aromatic rings. The van der Waals surface area contributed by atoms with Gasteiger partial charge in [0.1, 0.15) is 0 Å². The zero-order valence-electron chi connectivity index (χ0n) is 24.3. The van der Waals surface area contributed by atoms with Gasteiger partial charge in [0.15, 0.2) is 0 Å². The molecule has 3 heteroatoms. The van der Waals surface area contributed by atoms with Crippen molar-refractivity contribution in [1.82, 2.24) is 0 Å². The molecule has 1 atom stereocenters. The van der Waals surface area contributed by atoms with Gasteiger partial charge in [-0.3, -0.25) is 6.08 Å². The van der Waals surface area contributed by atoms with Gasteiger partial charge in [-0.05, 0) is 68.1 Å². The normalized spacial score (nSPS) is 27.3. The number of benzene rings is 3. The van der Waals surface area contributed by atoms with Crippen LogP contribution < -0.4 is 24.8 Å². The van der Waals surface area contributed by atoms with Gasteiger partial charge in [-0.25, -0.2) is 5.57 Å². The van der Waals surface area contributed by atoms with Crippen LogP contribution in [-0.2, 0) is 30.7 Å². The first-order chi connectivity index (χ1) is 19.0. The van der Waals surface area contributed by atoms with Crippen LogP contribution in [0.4, 0.5) is 0 Å². The minimum Gasteiger partial charge on any atom is -0.179 e. The van der Waals surface area contributed by atoms with Crippen LogP contribution in [0.2, 0.25) is 0 Å². The fourth-order valence-electron chi connectivity index (χ4n) is 8.55. The first-order valence-electron chi connectivity index (χ1n) is 14.9. The molecule has 0 aliphatic heterocycles. The second-order valence-electron chi connectivity index (χ2n) is 12.8. The molecule has 4 bridgehead atoms. The third-order valence-electron chi connectivity index (χ3n) is 9.69. The molecule has 6 aliphatic rings. The number of allylic oxidation sites excluding steroid dienone is 4. The third kappa shape index (κ3) is 7.52. The van der Waals surface area contributed by atoms with Crippen molar-refractivity contribution in [3.8, 4) is 11.1 Å². The van der Waals surface area contributed by atoms with E-state index < -0.39 is 0 Å². The molecule has 1 unspecified atom stereocenters. The van der Waals surface area contributed by atoms with Gasteiger partial charge in [-0.2, -0.15) is 41.5 Å². The molecule has 0 amide bonds. The molecule has 0 nitrogen and oxygen atoms in total. The Hall–Kier alpha value is -1.53. The second-order valence-corrected chi connectivity index (χ2v) is 13.5. The van der Waals surface area contributed by atoms with Gasteiger partial charge in [0, 0.05) is 0 Å². The van der Waals surface area contributed by atoms with Crippen molar-refractivity contribution in [3.05, 3.63) is 119 Å². The molecule has 4 fully saturated rings. The molecule has 3 aromatic carbocycles. The van der Waals surface area contributed by atoms with E-state index >= 15 is 0 Å². The minimum atomic E-state index is 0. The van der Waals surface area contributed by atoms with Crippen LogP contribution in [0.5, 0.6) is 0 Å². The van der Waals surface area contributed by atoms with Crippen molar-refractivity contribution in [2.24, 2.45) is 29.1 Å². The first-order valence-corrected chi connectivity index (χ1v) is 16.4. The maximum absolute atomic E-state index is 3.57. The van der Waals surface area contributed by atoms with Crippen molar-refractivity contribution >= 4 is 3.71 Å². The van der Waals surface area contributed by atoms with Crippen LogP contribution in [0, 0.1) is 41.2 Å². The number of hydrogen-bond acceptors (Lipinski definition) is 0. The zero-order chi connectivity index (χ0) is 26.8. The monoisotopic (exact) mass is 656 g/mol. The van der Waals surface area contributed by atoms with E-state index in [9.17, 15) is 0 Å². The van der Waals surface area contributed by atoms with Gasteiger partial charge in [-0.15, -0.1) is 5.56 Å². The van der Waals surface area contributed by atoms with Crippen molar-refractivity contribution < 1.29 is 49.0 Å². The average molecular weight is 659 g/mol. The second kappa shape index (κ2) is 14.3. The van der Waals surface area contributed by atoms with Crippen molar-refractivity contribution in [3.63, 3.8) is 0 Å². The van der Waals surface area contributed by atoms with Crippen molar-refractivity contribution in [2.45, 2.75) is 65.2 Å². The van der Waals surface area contributed by atoms with Gasteiger partial charge in [0.2, 0.25) is 0 Å². The van der Waals surface area contributed by atoms with E-state index in [-0.39, 0.29) is 24.8 Å². The van der Waals surface area contributed by atoms with Crippen LogP contribution in [0.3, 0.4) is 0 Å². The topological polar surface area (TPSA) is 0 Å². The Kier molecular flexibility index (Phi) is 11.3. The summed E-state index contributed by atoms with van der Waals surface area (Å²) in [4.78, 5) is 0. The van der Waals surface area contributed by atoms with Gasteiger partial charge >= 0.3 is 63.8 Å². The Morgan fingerprint density at radius 2 is 1.44 bits per heavy atom. The van der Waals surface area contributed by atoms with Gasteiger partial charge in [0.05, 0.1) is 0 Å². The number of hydrogen-bond donors (Lipinski definition) is 0. The third-order valence-corrected chi connectivity index (χ3v) is 10.5. The molecule has 41 heavy (non-hydrogen) atoms. The van der Waals surface area contributed by atoms with Crippen LogP contribution in [0.25, 0.3) is 11.1 Å². The Morgan fingerprint density at radius 3 is 2.02 bits per heavy atom. The number of rotatable bonds is 3.